The molecule has 0 aliphatic carbocycles. The van der Waals surface area contributed by atoms with Crippen LogP contribution in [0.4, 0.5) is 0 Å². The van der Waals surface area contributed by atoms with Gasteiger partial charge in [-0.2, -0.15) is 0 Å². The topological polar surface area (TPSA) is 58.6 Å². The fourth-order valence-corrected chi connectivity index (χ4v) is 2.82. The average Bonchev–Trinajstić information content (AvgIpc) is 2.75. The van der Waals surface area contributed by atoms with E-state index in [0.29, 0.717) is 17.7 Å². The van der Waals surface area contributed by atoms with Crippen molar-refractivity contribution in [1.29, 1.82) is 0 Å². The molecule has 1 aliphatic rings. The van der Waals surface area contributed by atoms with Gasteiger partial charge in [-0.3, -0.25) is 0 Å². The van der Waals surface area contributed by atoms with E-state index < -0.39 is 5.97 Å². The highest BCUT2D eigenvalue weighted by molar-refractivity contribution is 7.10. The van der Waals surface area contributed by atoms with E-state index >= 15 is 0 Å². The Morgan fingerprint density at radius 1 is 1.71 bits per heavy atom. The molecule has 94 valence electrons. The Kier molecular flexibility index (Phi) is 4.15. The number of ether oxygens (including phenoxy) is 1. The zero-order valence-corrected chi connectivity index (χ0v) is 10.6. The first-order valence-corrected chi connectivity index (χ1v) is 6.69. The van der Waals surface area contributed by atoms with Gasteiger partial charge in [-0.05, 0) is 25.8 Å². The monoisotopic (exact) mass is 255 g/mol. The van der Waals surface area contributed by atoms with Gasteiger partial charge in [-0.1, -0.05) is 0 Å². The SMILES string of the molecule is CC1CC(NCc2cc(C(=O)O)cs2)CCO1. The molecule has 0 bridgehead atoms. The number of thiophene rings is 1. The molecule has 1 saturated heterocycles. The van der Waals surface area contributed by atoms with Crippen LogP contribution in [0.15, 0.2) is 11.4 Å². The van der Waals surface area contributed by atoms with E-state index in [2.05, 4.69) is 12.2 Å². The molecule has 2 N–H and O–H groups in total. The number of hydrogen-bond acceptors (Lipinski definition) is 4. The summed E-state index contributed by atoms with van der Waals surface area (Å²) in [5.41, 5.74) is 0.382. The Morgan fingerprint density at radius 2 is 2.53 bits per heavy atom. The molecule has 2 rings (SSSR count). The smallest absolute Gasteiger partial charge is 0.336 e. The predicted molar refractivity (Wildman–Crippen MR) is 66.6 cm³/mol. The third-order valence-electron chi connectivity index (χ3n) is 2.95. The standard InChI is InChI=1S/C12H17NO3S/c1-8-4-10(2-3-16-8)13-6-11-5-9(7-17-11)12(14)15/h5,7-8,10,13H,2-4,6H2,1H3,(H,14,15). The van der Waals surface area contributed by atoms with E-state index in [4.69, 9.17) is 9.84 Å². The minimum Gasteiger partial charge on any atom is -0.478 e. The van der Waals surface area contributed by atoms with E-state index in [-0.39, 0.29) is 0 Å². The lowest BCUT2D eigenvalue weighted by Crippen LogP contribution is -2.37. The number of carboxylic acids is 1. The molecule has 0 aromatic carbocycles. The van der Waals surface area contributed by atoms with Gasteiger partial charge in [0.2, 0.25) is 0 Å². The number of rotatable bonds is 4. The summed E-state index contributed by atoms with van der Waals surface area (Å²) in [4.78, 5) is 11.8. The third kappa shape index (κ3) is 3.52. The molecule has 1 aliphatic heterocycles. The van der Waals surface area contributed by atoms with Gasteiger partial charge >= 0.3 is 5.97 Å². The van der Waals surface area contributed by atoms with Crippen molar-refractivity contribution in [1.82, 2.24) is 5.32 Å². The van der Waals surface area contributed by atoms with Gasteiger partial charge in [0, 0.05) is 29.5 Å². The van der Waals surface area contributed by atoms with Crippen molar-refractivity contribution in [2.45, 2.75) is 38.5 Å². The second-order valence-electron chi connectivity index (χ2n) is 4.39. The maximum Gasteiger partial charge on any atom is 0.336 e. The van der Waals surface area contributed by atoms with Crippen molar-refractivity contribution in [3.05, 3.63) is 21.9 Å². The molecule has 1 aromatic rings. The molecule has 5 heteroatoms. The summed E-state index contributed by atoms with van der Waals surface area (Å²) < 4.78 is 5.48. The molecule has 4 nitrogen and oxygen atoms in total. The average molecular weight is 255 g/mol. The molecule has 0 radical (unpaired) electrons. The van der Waals surface area contributed by atoms with E-state index in [1.165, 1.54) is 11.3 Å². The van der Waals surface area contributed by atoms with Gasteiger partial charge in [0.15, 0.2) is 0 Å². The maximum atomic E-state index is 10.7. The molecule has 2 atom stereocenters. The van der Waals surface area contributed by atoms with E-state index in [1.54, 1.807) is 11.4 Å². The van der Waals surface area contributed by atoms with Gasteiger partial charge in [-0.15, -0.1) is 11.3 Å². The second-order valence-corrected chi connectivity index (χ2v) is 5.39. The summed E-state index contributed by atoms with van der Waals surface area (Å²) >= 11 is 1.49. The fourth-order valence-electron chi connectivity index (χ4n) is 2.01. The molecule has 0 amide bonds. The largest absolute Gasteiger partial charge is 0.478 e. The van der Waals surface area contributed by atoms with Crippen LogP contribution in [0.25, 0.3) is 0 Å². The van der Waals surface area contributed by atoms with Crippen molar-refractivity contribution in [2.75, 3.05) is 6.61 Å². The molecule has 1 aromatic heterocycles. The Bertz CT molecular complexity index is 391. The van der Waals surface area contributed by atoms with Crippen molar-refractivity contribution in [2.24, 2.45) is 0 Å². The lowest BCUT2D eigenvalue weighted by molar-refractivity contribution is 0.0131. The van der Waals surface area contributed by atoms with Gasteiger partial charge in [-0.25, -0.2) is 4.79 Å². The Labute approximate surface area is 105 Å². The van der Waals surface area contributed by atoms with E-state index in [1.807, 2.05) is 0 Å². The van der Waals surface area contributed by atoms with Crippen LogP contribution >= 0.6 is 11.3 Å². The molecule has 2 unspecified atom stereocenters. The van der Waals surface area contributed by atoms with Gasteiger partial charge in [0.05, 0.1) is 11.7 Å². The van der Waals surface area contributed by atoms with Crippen molar-refractivity contribution >= 4 is 17.3 Å². The first-order valence-electron chi connectivity index (χ1n) is 5.81. The van der Waals surface area contributed by atoms with Crippen LogP contribution < -0.4 is 5.32 Å². The molecule has 17 heavy (non-hydrogen) atoms. The molecular formula is C12H17NO3S. The first kappa shape index (κ1) is 12.5. The van der Waals surface area contributed by atoms with Crippen LogP contribution in [0.5, 0.6) is 0 Å². The normalized spacial score (nSPS) is 24.8. The molecule has 1 fully saturated rings. The van der Waals surface area contributed by atoms with Crippen LogP contribution in [0.2, 0.25) is 0 Å². The summed E-state index contributed by atoms with van der Waals surface area (Å²) in [5.74, 6) is -0.854. The van der Waals surface area contributed by atoms with Crippen LogP contribution in [-0.4, -0.2) is 29.8 Å². The highest BCUT2D eigenvalue weighted by Crippen LogP contribution is 2.17. The van der Waals surface area contributed by atoms with Crippen molar-refractivity contribution < 1.29 is 14.6 Å². The fraction of sp³-hybridized carbons (Fsp3) is 0.583. The first-order chi connectivity index (χ1) is 8.15. The van der Waals surface area contributed by atoms with Crippen LogP contribution in [0.3, 0.4) is 0 Å². The van der Waals surface area contributed by atoms with Crippen LogP contribution in [-0.2, 0) is 11.3 Å². The Balaban J connectivity index is 1.82. The minimum atomic E-state index is -0.854. The van der Waals surface area contributed by atoms with Gasteiger partial charge in [0.25, 0.3) is 0 Å². The number of carboxylic acid groups (broad SMARTS) is 1. The minimum absolute atomic E-state index is 0.319. The number of carbonyl (C=O) groups is 1. The van der Waals surface area contributed by atoms with Crippen molar-refractivity contribution in [3.8, 4) is 0 Å². The Morgan fingerprint density at radius 3 is 3.18 bits per heavy atom. The van der Waals surface area contributed by atoms with Gasteiger partial charge < -0.3 is 15.2 Å². The lowest BCUT2D eigenvalue weighted by Gasteiger charge is -2.27. The highest BCUT2D eigenvalue weighted by atomic mass is 32.1. The van der Waals surface area contributed by atoms with E-state index in [9.17, 15) is 4.79 Å². The van der Waals surface area contributed by atoms with Crippen LogP contribution in [0, 0.1) is 0 Å². The summed E-state index contributed by atoms with van der Waals surface area (Å²) in [6.45, 7) is 3.64. The summed E-state index contributed by atoms with van der Waals surface area (Å²) in [6, 6.07) is 2.22. The second kappa shape index (κ2) is 5.62. The summed E-state index contributed by atoms with van der Waals surface area (Å²) in [5, 5.41) is 14.0. The summed E-state index contributed by atoms with van der Waals surface area (Å²) in [7, 11) is 0. The summed E-state index contributed by atoms with van der Waals surface area (Å²) in [6.07, 6.45) is 2.37. The maximum absolute atomic E-state index is 10.7. The zero-order chi connectivity index (χ0) is 12.3. The molecule has 0 saturated carbocycles. The molecule has 2 heterocycles. The zero-order valence-electron chi connectivity index (χ0n) is 9.81. The third-order valence-corrected chi connectivity index (χ3v) is 3.89. The lowest BCUT2D eigenvalue weighted by atomic mass is 10.0. The number of hydrogen-bond donors (Lipinski definition) is 2. The van der Waals surface area contributed by atoms with Crippen molar-refractivity contribution in [3.63, 3.8) is 0 Å². The Hall–Kier alpha value is -0.910. The predicted octanol–water partition coefficient (Wildman–Crippen LogP) is 2.10. The number of nitrogens with one attached hydrogen (secondary N) is 1. The van der Waals surface area contributed by atoms with E-state index in [0.717, 1.165) is 30.9 Å². The highest BCUT2D eigenvalue weighted by Gasteiger charge is 2.18. The number of aromatic carboxylic acids is 1. The van der Waals surface area contributed by atoms with Gasteiger partial charge in [0.1, 0.15) is 0 Å². The molecule has 0 spiro atoms. The molecular weight excluding hydrogens is 238 g/mol. The quantitative estimate of drug-likeness (QED) is 0.865. The van der Waals surface area contributed by atoms with Crippen LogP contribution in [0.1, 0.15) is 35.0 Å².